The van der Waals surface area contributed by atoms with Crippen LogP contribution in [0.2, 0.25) is 0 Å². The Morgan fingerprint density at radius 2 is 1.87 bits per heavy atom. The van der Waals surface area contributed by atoms with Crippen molar-refractivity contribution in [3.05, 3.63) is 71.5 Å². The van der Waals surface area contributed by atoms with Crippen LogP contribution in [0.3, 0.4) is 0 Å². The highest BCUT2D eigenvalue weighted by atomic mass is 16.5. The van der Waals surface area contributed by atoms with Crippen molar-refractivity contribution < 1.29 is 19.2 Å². The summed E-state index contributed by atoms with van der Waals surface area (Å²) in [4.78, 5) is 13.1. The molecule has 0 saturated carbocycles. The maximum atomic E-state index is 11.4. The molecule has 2 atom stereocenters. The van der Waals surface area contributed by atoms with Crippen LogP contribution >= 0.6 is 0 Å². The Hall–Kier alpha value is -3.12. The Bertz CT molecular complexity index is 979. The van der Waals surface area contributed by atoms with Crippen LogP contribution in [0.15, 0.2) is 59.1 Å². The van der Waals surface area contributed by atoms with Gasteiger partial charge in [0, 0.05) is 11.6 Å². The number of aromatic nitrogens is 1. The Balaban J connectivity index is 1.71. The van der Waals surface area contributed by atoms with Gasteiger partial charge in [-0.25, -0.2) is 0 Å². The summed E-state index contributed by atoms with van der Waals surface area (Å²) in [5.41, 5.74) is 3.92. The molecule has 1 heterocycles. The van der Waals surface area contributed by atoms with Crippen LogP contribution in [0.1, 0.15) is 36.3 Å². The van der Waals surface area contributed by atoms with Crippen LogP contribution in [0.25, 0.3) is 11.3 Å². The second kappa shape index (κ2) is 9.59. The van der Waals surface area contributed by atoms with E-state index in [1.54, 1.807) is 19.0 Å². The van der Waals surface area contributed by atoms with Crippen molar-refractivity contribution in [2.75, 3.05) is 14.1 Å². The number of aliphatic carboxylic acids is 1. The van der Waals surface area contributed by atoms with Gasteiger partial charge in [0.15, 0.2) is 11.9 Å². The fraction of sp³-hybridized carbons (Fsp3) is 0.333. The molecule has 6 nitrogen and oxygen atoms in total. The molecule has 3 rings (SSSR count). The van der Waals surface area contributed by atoms with Gasteiger partial charge in [0.1, 0.15) is 17.5 Å². The maximum absolute atomic E-state index is 11.4. The highest BCUT2D eigenvalue weighted by molar-refractivity contribution is 5.73. The van der Waals surface area contributed by atoms with E-state index in [2.05, 4.69) is 5.16 Å². The SMILES string of the molecule is CC[C@H](Oc1ccc(C[C@@H](C(=O)O)N(C)C)cc1)c1cc(-c2ccccc2C)no1. The van der Waals surface area contributed by atoms with Crippen LogP contribution in [0, 0.1) is 6.92 Å². The normalized spacial score (nSPS) is 13.2. The largest absolute Gasteiger partial charge is 0.482 e. The molecule has 2 aromatic carbocycles. The topological polar surface area (TPSA) is 75.8 Å². The number of carbonyl (C=O) groups is 1. The number of benzene rings is 2. The predicted octanol–water partition coefficient (Wildman–Crippen LogP) is 4.74. The molecule has 6 heteroatoms. The first-order valence-corrected chi connectivity index (χ1v) is 10.1. The third kappa shape index (κ3) is 5.07. The summed E-state index contributed by atoms with van der Waals surface area (Å²) in [6.45, 7) is 4.08. The lowest BCUT2D eigenvalue weighted by Crippen LogP contribution is -2.37. The van der Waals surface area contributed by atoms with Gasteiger partial charge in [-0.1, -0.05) is 48.5 Å². The average Bonchev–Trinajstić information content (AvgIpc) is 3.20. The van der Waals surface area contributed by atoms with Crippen LogP contribution in [0.5, 0.6) is 5.75 Å². The van der Waals surface area contributed by atoms with Gasteiger partial charge in [0.2, 0.25) is 0 Å². The Morgan fingerprint density at radius 1 is 1.17 bits per heavy atom. The van der Waals surface area contributed by atoms with E-state index in [0.29, 0.717) is 17.9 Å². The van der Waals surface area contributed by atoms with E-state index in [9.17, 15) is 9.90 Å². The summed E-state index contributed by atoms with van der Waals surface area (Å²) in [7, 11) is 3.54. The van der Waals surface area contributed by atoms with Crippen molar-refractivity contribution in [3.63, 3.8) is 0 Å². The second-order valence-electron chi connectivity index (χ2n) is 7.61. The first-order chi connectivity index (χ1) is 14.4. The molecular formula is C24H28N2O4. The molecule has 1 aromatic heterocycles. The number of aryl methyl sites for hydroxylation is 1. The van der Waals surface area contributed by atoms with Gasteiger partial charge < -0.3 is 14.4 Å². The van der Waals surface area contributed by atoms with E-state index in [0.717, 1.165) is 28.8 Å². The zero-order valence-electron chi connectivity index (χ0n) is 17.8. The Labute approximate surface area is 177 Å². The number of rotatable bonds is 9. The first kappa shape index (κ1) is 21.6. The van der Waals surface area contributed by atoms with E-state index in [1.165, 1.54) is 0 Å². The van der Waals surface area contributed by atoms with Gasteiger partial charge in [-0.3, -0.25) is 9.69 Å². The lowest BCUT2D eigenvalue weighted by atomic mass is 10.0. The molecule has 1 N–H and O–H groups in total. The minimum atomic E-state index is -0.832. The van der Waals surface area contributed by atoms with E-state index in [4.69, 9.17) is 9.26 Å². The summed E-state index contributed by atoms with van der Waals surface area (Å²) in [5, 5.41) is 13.6. The summed E-state index contributed by atoms with van der Waals surface area (Å²) in [5.74, 6) is 0.552. The summed E-state index contributed by atoms with van der Waals surface area (Å²) >= 11 is 0. The fourth-order valence-electron chi connectivity index (χ4n) is 3.35. The van der Waals surface area contributed by atoms with Gasteiger partial charge >= 0.3 is 5.97 Å². The highest BCUT2D eigenvalue weighted by Crippen LogP contribution is 2.29. The molecule has 0 aliphatic heterocycles. The maximum Gasteiger partial charge on any atom is 0.321 e. The highest BCUT2D eigenvalue weighted by Gasteiger charge is 2.21. The fourth-order valence-corrected chi connectivity index (χ4v) is 3.35. The minimum absolute atomic E-state index is 0.255. The zero-order chi connectivity index (χ0) is 21.7. The molecule has 3 aromatic rings. The van der Waals surface area contributed by atoms with E-state index < -0.39 is 12.0 Å². The van der Waals surface area contributed by atoms with Crippen LogP contribution in [-0.4, -0.2) is 41.3 Å². The molecular weight excluding hydrogens is 380 g/mol. The quantitative estimate of drug-likeness (QED) is 0.551. The van der Waals surface area contributed by atoms with Gasteiger partial charge in [-0.05, 0) is 57.1 Å². The molecule has 0 aliphatic carbocycles. The minimum Gasteiger partial charge on any atom is -0.482 e. The van der Waals surface area contributed by atoms with Crippen molar-refractivity contribution in [2.45, 2.75) is 38.8 Å². The summed E-state index contributed by atoms with van der Waals surface area (Å²) in [6, 6.07) is 17.0. The smallest absolute Gasteiger partial charge is 0.321 e. The third-order valence-electron chi connectivity index (χ3n) is 5.18. The summed E-state index contributed by atoms with van der Waals surface area (Å²) < 4.78 is 11.7. The first-order valence-electron chi connectivity index (χ1n) is 10.1. The molecule has 0 aliphatic rings. The number of hydrogen-bond acceptors (Lipinski definition) is 5. The molecule has 0 bridgehead atoms. The monoisotopic (exact) mass is 408 g/mol. The Morgan fingerprint density at radius 3 is 2.47 bits per heavy atom. The number of carboxylic acid groups (broad SMARTS) is 1. The average molecular weight is 408 g/mol. The predicted molar refractivity (Wildman–Crippen MR) is 116 cm³/mol. The number of hydrogen-bond donors (Lipinski definition) is 1. The third-order valence-corrected chi connectivity index (χ3v) is 5.18. The van der Waals surface area contributed by atoms with Gasteiger partial charge in [0.25, 0.3) is 0 Å². The van der Waals surface area contributed by atoms with Crippen LogP contribution in [0.4, 0.5) is 0 Å². The lowest BCUT2D eigenvalue weighted by Gasteiger charge is -2.20. The van der Waals surface area contributed by atoms with E-state index in [1.807, 2.05) is 68.4 Å². The van der Waals surface area contributed by atoms with Gasteiger partial charge in [-0.2, -0.15) is 0 Å². The molecule has 30 heavy (non-hydrogen) atoms. The van der Waals surface area contributed by atoms with Crippen molar-refractivity contribution in [2.24, 2.45) is 0 Å². The second-order valence-corrected chi connectivity index (χ2v) is 7.61. The zero-order valence-corrected chi connectivity index (χ0v) is 17.8. The van der Waals surface area contributed by atoms with Gasteiger partial charge in [-0.15, -0.1) is 0 Å². The molecule has 0 radical (unpaired) electrons. The molecule has 0 unspecified atom stereocenters. The number of carboxylic acids is 1. The number of ether oxygens (including phenoxy) is 1. The van der Waals surface area contributed by atoms with Gasteiger partial charge in [0.05, 0.1) is 0 Å². The number of nitrogens with zero attached hydrogens (tertiary/aromatic N) is 2. The Kier molecular flexibility index (Phi) is 6.90. The molecule has 0 saturated heterocycles. The van der Waals surface area contributed by atoms with Crippen LogP contribution < -0.4 is 4.74 Å². The van der Waals surface area contributed by atoms with Crippen LogP contribution in [-0.2, 0) is 11.2 Å². The molecule has 0 amide bonds. The standard InChI is InChI=1S/C24H28N2O4/c1-5-22(23-15-20(25-30-23)19-9-7-6-8-16(19)2)29-18-12-10-17(11-13-18)14-21(24(27)28)26(3)4/h6-13,15,21-22H,5,14H2,1-4H3,(H,27,28)/t21-,22-/m0/s1. The summed E-state index contributed by atoms with van der Waals surface area (Å²) in [6.07, 6.45) is 0.905. The van der Waals surface area contributed by atoms with E-state index >= 15 is 0 Å². The molecule has 0 fully saturated rings. The van der Waals surface area contributed by atoms with Crippen molar-refractivity contribution in [1.82, 2.24) is 10.1 Å². The van der Waals surface area contributed by atoms with Crippen molar-refractivity contribution >= 4 is 5.97 Å². The molecule has 0 spiro atoms. The van der Waals surface area contributed by atoms with Crippen molar-refractivity contribution in [3.8, 4) is 17.0 Å². The van der Waals surface area contributed by atoms with E-state index in [-0.39, 0.29) is 6.10 Å². The lowest BCUT2D eigenvalue weighted by molar-refractivity contribution is -0.142. The number of likely N-dealkylation sites (N-methyl/N-ethyl adjacent to an activating group) is 1. The molecule has 158 valence electrons. The van der Waals surface area contributed by atoms with Crippen molar-refractivity contribution in [1.29, 1.82) is 0 Å².